The Labute approximate surface area is 237 Å². The molecule has 6 rings (SSSR count). The first-order chi connectivity index (χ1) is 19.6. The largest absolute Gasteiger partial charge is 0.497 e. The predicted octanol–water partition coefficient (Wildman–Crippen LogP) is 6.02. The molecule has 0 radical (unpaired) electrons. The molecule has 3 fully saturated rings. The van der Waals surface area contributed by atoms with E-state index in [1.807, 2.05) is 52.4 Å². The number of nitrogens with zero attached hydrogens (tertiary/aromatic N) is 3. The van der Waals surface area contributed by atoms with E-state index in [9.17, 15) is 4.79 Å². The summed E-state index contributed by atoms with van der Waals surface area (Å²) in [5.74, 6) is 1.57. The molecule has 4 unspecified atom stereocenters. The number of amides is 1. The SMILES string of the molecule is CCC(ON1CC1/C=C1/C(=O)N(c2ccc(OC)cc2)C1c1ccccc1)N1CCC(Cc2ccccc2)CC1. The van der Waals surface area contributed by atoms with Crippen LogP contribution in [0, 0.1) is 5.92 Å². The molecular formula is C34H39N3O3. The van der Waals surface area contributed by atoms with Gasteiger partial charge < -0.3 is 4.74 Å². The van der Waals surface area contributed by atoms with Gasteiger partial charge in [-0.05, 0) is 67.0 Å². The lowest BCUT2D eigenvalue weighted by Crippen LogP contribution is -2.49. The Balaban J connectivity index is 1.08. The van der Waals surface area contributed by atoms with Crippen molar-refractivity contribution in [3.63, 3.8) is 0 Å². The number of hydrogen-bond acceptors (Lipinski definition) is 5. The number of methoxy groups -OCH3 is 1. The average Bonchev–Trinajstić information content (AvgIpc) is 3.76. The third kappa shape index (κ3) is 5.71. The highest BCUT2D eigenvalue weighted by Gasteiger charge is 2.47. The molecule has 40 heavy (non-hydrogen) atoms. The van der Waals surface area contributed by atoms with Gasteiger partial charge in [0.05, 0.1) is 19.2 Å². The standard InChI is InChI=1S/C34H39N3O3/c1-3-32(35-20-18-26(19-21-35)22-25-10-6-4-7-11-25)40-36-24-29(36)23-31-33(27-12-8-5-9-13-27)37(34(31)38)28-14-16-30(39-2)17-15-28/h4-17,23,26,29,32-33H,3,18-22,24H2,1-2H3/b31-23+. The number of hydroxylamine groups is 2. The van der Waals surface area contributed by atoms with Gasteiger partial charge in [0.1, 0.15) is 12.0 Å². The number of carbonyl (C=O) groups is 1. The van der Waals surface area contributed by atoms with Crippen LogP contribution in [0.5, 0.6) is 5.75 Å². The molecule has 3 aliphatic heterocycles. The van der Waals surface area contributed by atoms with E-state index >= 15 is 0 Å². The molecule has 3 aliphatic rings. The number of hydrogen-bond donors (Lipinski definition) is 0. The topological polar surface area (TPSA) is 45.0 Å². The summed E-state index contributed by atoms with van der Waals surface area (Å²) in [6.07, 6.45) is 6.73. The van der Waals surface area contributed by atoms with Crippen molar-refractivity contribution in [2.45, 2.75) is 50.9 Å². The first kappa shape index (κ1) is 26.8. The van der Waals surface area contributed by atoms with Crippen molar-refractivity contribution in [2.24, 2.45) is 5.92 Å². The molecule has 3 heterocycles. The van der Waals surface area contributed by atoms with Crippen molar-refractivity contribution < 1.29 is 14.4 Å². The Morgan fingerprint density at radius 3 is 2.25 bits per heavy atom. The Kier molecular flexibility index (Phi) is 8.00. The summed E-state index contributed by atoms with van der Waals surface area (Å²) in [5.41, 5.74) is 4.27. The van der Waals surface area contributed by atoms with E-state index in [-0.39, 0.29) is 24.2 Å². The third-order valence-corrected chi connectivity index (χ3v) is 8.49. The van der Waals surface area contributed by atoms with Gasteiger partial charge in [0.2, 0.25) is 0 Å². The number of piperidine rings is 1. The highest BCUT2D eigenvalue weighted by molar-refractivity contribution is 6.15. The Hall–Kier alpha value is -3.45. The van der Waals surface area contributed by atoms with Gasteiger partial charge in [-0.15, -0.1) is 0 Å². The Bertz CT molecular complexity index is 1300. The van der Waals surface area contributed by atoms with Crippen molar-refractivity contribution in [1.29, 1.82) is 0 Å². The van der Waals surface area contributed by atoms with Crippen molar-refractivity contribution in [3.8, 4) is 5.75 Å². The minimum absolute atomic E-state index is 0.0541. The molecule has 0 aliphatic carbocycles. The molecule has 0 saturated carbocycles. The maximum Gasteiger partial charge on any atom is 0.257 e. The number of anilines is 1. The van der Waals surface area contributed by atoms with Gasteiger partial charge in [-0.25, -0.2) is 0 Å². The van der Waals surface area contributed by atoms with Crippen LogP contribution in [0.4, 0.5) is 5.69 Å². The number of β-lactam (4-membered cyclic amide) rings is 1. The molecule has 4 atom stereocenters. The second kappa shape index (κ2) is 12.0. The molecule has 0 aromatic heterocycles. The van der Waals surface area contributed by atoms with Crippen LogP contribution in [0.2, 0.25) is 0 Å². The minimum Gasteiger partial charge on any atom is -0.497 e. The fraction of sp³-hybridized carbons (Fsp3) is 0.382. The number of rotatable bonds is 10. The van der Waals surface area contributed by atoms with Gasteiger partial charge in [0, 0.05) is 30.9 Å². The molecule has 3 saturated heterocycles. The summed E-state index contributed by atoms with van der Waals surface area (Å²) in [7, 11) is 1.65. The predicted molar refractivity (Wildman–Crippen MR) is 158 cm³/mol. The van der Waals surface area contributed by atoms with E-state index < -0.39 is 0 Å². The molecular weight excluding hydrogens is 498 g/mol. The normalized spacial score (nSPS) is 25.1. The summed E-state index contributed by atoms with van der Waals surface area (Å²) in [6.45, 7) is 5.16. The number of ether oxygens (including phenoxy) is 1. The van der Waals surface area contributed by atoms with Crippen molar-refractivity contribution >= 4 is 11.6 Å². The smallest absolute Gasteiger partial charge is 0.257 e. The van der Waals surface area contributed by atoms with Crippen LogP contribution < -0.4 is 9.64 Å². The number of carbonyl (C=O) groups excluding carboxylic acids is 1. The lowest BCUT2D eigenvalue weighted by molar-refractivity contribution is -0.188. The second-order valence-corrected chi connectivity index (χ2v) is 11.1. The van der Waals surface area contributed by atoms with E-state index in [4.69, 9.17) is 9.57 Å². The molecule has 3 aromatic rings. The highest BCUT2D eigenvalue weighted by atomic mass is 16.7. The third-order valence-electron chi connectivity index (χ3n) is 8.49. The van der Waals surface area contributed by atoms with Crippen LogP contribution in [0.15, 0.2) is 96.6 Å². The summed E-state index contributed by atoms with van der Waals surface area (Å²) < 4.78 is 5.31. The van der Waals surface area contributed by atoms with Gasteiger partial charge in [-0.1, -0.05) is 73.7 Å². The summed E-state index contributed by atoms with van der Waals surface area (Å²) in [5, 5.41) is 2.04. The maximum atomic E-state index is 13.4. The van der Waals surface area contributed by atoms with Crippen LogP contribution in [0.25, 0.3) is 0 Å². The van der Waals surface area contributed by atoms with Crippen LogP contribution in [0.3, 0.4) is 0 Å². The van der Waals surface area contributed by atoms with E-state index in [1.165, 1.54) is 18.4 Å². The van der Waals surface area contributed by atoms with Crippen molar-refractivity contribution in [3.05, 3.63) is 108 Å². The summed E-state index contributed by atoms with van der Waals surface area (Å²) >= 11 is 0. The average molecular weight is 538 g/mol. The molecule has 6 nitrogen and oxygen atoms in total. The van der Waals surface area contributed by atoms with Gasteiger partial charge in [0.15, 0.2) is 0 Å². The molecule has 0 bridgehead atoms. The van der Waals surface area contributed by atoms with E-state index in [2.05, 4.69) is 60.4 Å². The van der Waals surface area contributed by atoms with E-state index in [0.717, 1.165) is 61.0 Å². The van der Waals surface area contributed by atoms with E-state index in [1.54, 1.807) is 7.11 Å². The number of likely N-dealkylation sites (tertiary alicyclic amines) is 1. The zero-order valence-corrected chi connectivity index (χ0v) is 23.5. The van der Waals surface area contributed by atoms with Crippen LogP contribution in [-0.2, 0) is 16.1 Å². The molecule has 0 N–H and O–H groups in total. The van der Waals surface area contributed by atoms with Gasteiger partial charge in [-0.3, -0.25) is 19.4 Å². The Morgan fingerprint density at radius 1 is 0.925 bits per heavy atom. The van der Waals surface area contributed by atoms with Gasteiger partial charge in [-0.2, -0.15) is 5.06 Å². The Morgan fingerprint density at radius 2 is 1.60 bits per heavy atom. The van der Waals surface area contributed by atoms with Crippen LogP contribution >= 0.6 is 0 Å². The zero-order valence-electron chi connectivity index (χ0n) is 23.5. The van der Waals surface area contributed by atoms with Crippen molar-refractivity contribution in [2.75, 3.05) is 31.6 Å². The fourth-order valence-corrected chi connectivity index (χ4v) is 6.13. The van der Waals surface area contributed by atoms with Crippen LogP contribution in [0.1, 0.15) is 43.4 Å². The second-order valence-electron chi connectivity index (χ2n) is 11.1. The van der Waals surface area contributed by atoms with E-state index in [0.29, 0.717) is 0 Å². The molecule has 6 heteroatoms. The van der Waals surface area contributed by atoms with Gasteiger partial charge >= 0.3 is 0 Å². The first-order valence-electron chi connectivity index (χ1n) is 14.6. The number of benzene rings is 3. The monoisotopic (exact) mass is 537 g/mol. The molecule has 1 amide bonds. The first-order valence-corrected chi connectivity index (χ1v) is 14.6. The lowest BCUT2D eigenvalue weighted by Gasteiger charge is -2.43. The molecule has 208 valence electrons. The maximum absolute atomic E-state index is 13.4. The van der Waals surface area contributed by atoms with Gasteiger partial charge in [0.25, 0.3) is 5.91 Å². The molecule has 0 spiro atoms. The zero-order chi connectivity index (χ0) is 27.5. The highest BCUT2D eigenvalue weighted by Crippen LogP contribution is 2.44. The minimum atomic E-state index is -0.102. The van der Waals surface area contributed by atoms with Crippen molar-refractivity contribution in [1.82, 2.24) is 9.96 Å². The lowest BCUT2D eigenvalue weighted by atomic mass is 9.86. The summed E-state index contributed by atoms with van der Waals surface area (Å²) in [6, 6.07) is 28.8. The summed E-state index contributed by atoms with van der Waals surface area (Å²) in [4.78, 5) is 24.3. The molecule has 3 aromatic carbocycles. The van der Waals surface area contributed by atoms with Crippen LogP contribution in [-0.4, -0.2) is 54.9 Å². The quantitative estimate of drug-likeness (QED) is 0.180. The fourth-order valence-electron chi connectivity index (χ4n) is 6.13.